The van der Waals surface area contributed by atoms with Crippen molar-refractivity contribution in [2.24, 2.45) is 7.05 Å². The van der Waals surface area contributed by atoms with Crippen LogP contribution in [-0.4, -0.2) is 22.9 Å². The summed E-state index contributed by atoms with van der Waals surface area (Å²) in [6, 6.07) is 8.17. The van der Waals surface area contributed by atoms with Crippen LogP contribution in [0.2, 0.25) is 0 Å². The molecule has 4 heteroatoms. The number of aryl methyl sites for hydroxylation is 1. The van der Waals surface area contributed by atoms with Crippen LogP contribution in [0.3, 0.4) is 0 Å². The van der Waals surface area contributed by atoms with Crippen LogP contribution in [0, 0.1) is 0 Å². The molecule has 1 aromatic carbocycles. The van der Waals surface area contributed by atoms with E-state index in [4.69, 9.17) is 4.74 Å². The number of aromatic nitrogens is 2. The SMILES string of the molecule is CCNCc1ccccc1OCCc1cnn(C)c1. The van der Waals surface area contributed by atoms with Crippen molar-refractivity contribution in [2.45, 2.75) is 19.9 Å². The number of hydrogen-bond acceptors (Lipinski definition) is 3. The molecule has 0 radical (unpaired) electrons. The van der Waals surface area contributed by atoms with Gasteiger partial charge >= 0.3 is 0 Å². The maximum Gasteiger partial charge on any atom is 0.123 e. The Morgan fingerprint density at radius 2 is 2.16 bits per heavy atom. The Bertz CT molecular complexity index is 508. The molecule has 0 atom stereocenters. The Hall–Kier alpha value is -1.81. The van der Waals surface area contributed by atoms with Crippen LogP contribution in [0.5, 0.6) is 5.75 Å². The second kappa shape index (κ2) is 6.95. The fourth-order valence-electron chi connectivity index (χ4n) is 1.93. The summed E-state index contributed by atoms with van der Waals surface area (Å²) in [5, 5.41) is 7.47. The standard InChI is InChI=1S/C15H21N3O/c1-3-16-11-14-6-4-5-7-15(14)19-9-8-13-10-17-18(2)12-13/h4-7,10,12,16H,3,8-9,11H2,1-2H3. The van der Waals surface area contributed by atoms with Gasteiger partial charge in [-0.25, -0.2) is 0 Å². The highest BCUT2D eigenvalue weighted by atomic mass is 16.5. The Balaban J connectivity index is 1.88. The van der Waals surface area contributed by atoms with Crippen molar-refractivity contribution in [3.8, 4) is 5.75 Å². The molecule has 0 aliphatic heterocycles. The summed E-state index contributed by atoms with van der Waals surface area (Å²) in [5.41, 5.74) is 2.40. The summed E-state index contributed by atoms with van der Waals surface area (Å²) >= 11 is 0. The molecule has 0 unspecified atom stereocenters. The van der Waals surface area contributed by atoms with Crippen molar-refractivity contribution in [1.29, 1.82) is 0 Å². The average Bonchev–Trinajstić information content (AvgIpc) is 2.83. The molecule has 0 bridgehead atoms. The molecule has 0 aliphatic carbocycles. The Labute approximate surface area is 114 Å². The zero-order chi connectivity index (χ0) is 13.5. The number of hydrogen-bond donors (Lipinski definition) is 1. The van der Waals surface area contributed by atoms with Crippen molar-refractivity contribution < 1.29 is 4.74 Å². The molecule has 0 fully saturated rings. The molecule has 1 N–H and O–H groups in total. The molecule has 4 nitrogen and oxygen atoms in total. The molecule has 0 aliphatic rings. The van der Waals surface area contributed by atoms with E-state index in [2.05, 4.69) is 23.4 Å². The molecule has 0 spiro atoms. The molecule has 1 aromatic heterocycles. The highest BCUT2D eigenvalue weighted by Gasteiger charge is 2.03. The van der Waals surface area contributed by atoms with E-state index in [1.54, 1.807) is 0 Å². The minimum Gasteiger partial charge on any atom is -0.493 e. The van der Waals surface area contributed by atoms with Crippen molar-refractivity contribution >= 4 is 0 Å². The zero-order valence-electron chi connectivity index (χ0n) is 11.6. The second-order valence-electron chi connectivity index (χ2n) is 4.51. The zero-order valence-corrected chi connectivity index (χ0v) is 11.6. The molecule has 19 heavy (non-hydrogen) atoms. The topological polar surface area (TPSA) is 39.1 Å². The maximum atomic E-state index is 5.87. The molecule has 1 heterocycles. The summed E-state index contributed by atoms with van der Waals surface area (Å²) in [7, 11) is 1.93. The Kier molecular flexibility index (Phi) is 4.98. The van der Waals surface area contributed by atoms with Crippen molar-refractivity contribution in [3.63, 3.8) is 0 Å². The highest BCUT2D eigenvalue weighted by molar-refractivity contribution is 5.33. The number of nitrogens with one attached hydrogen (secondary N) is 1. The fourth-order valence-corrected chi connectivity index (χ4v) is 1.93. The average molecular weight is 259 g/mol. The number of nitrogens with zero attached hydrogens (tertiary/aromatic N) is 2. The minimum atomic E-state index is 0.675. The fraction of sp³-hybridized carbons (Fsp3) is 0.400. The monoisotopic (exact) mass is 259 g/mol. The molecular formula is C15H21N3O. The molecule has 102 valence electrons. The first-order chi connectivity index (χ1) is 9.29. The summed E-state index contributed by atoms with van der Waals surface area (Å²) in [4.78, 5) is 0. The largest absolute Gasteiger partial charge is 0.493 e. The predicted octanol–water partition coefficient (Wildman–Crippen LogP) is 2.15. The number of ether oxygens (including phenoxy) is 1. The van der Waals surface area contributed by atoms with Gasteiger partial charge in [-0.2, -0.15) is 5.10 Å². The smallest absolute Gasteiger partial charge is 0.123 e. The van der Waals surface area contributed by atoms with Gasteiger partial charge in [-0.1, -0.05) is 25.1 Å². The number of para-hydroxylation sites is 1. The molecule has 0 saturated carbocycles. The summed E-state index contributed by atoms with van der Waals surface area (Å²) < 4.78 is 7.68. The first-order valence-corrected chi connectivity index (χ1v) is 6.68. The van der Waals surface area contributed by atoms with Gasteiger partial charge < -0.3 is 10.1 Å². The van der Waals surface area contributed by atoms with E-state index < -0.39 is 0 Å². The normalized spacial score (nSPS) is 10.6. The van der Waals surface area contributed by atoms with Crippen LogP contribution >= 0.6 is 0 Å². The van der Waals surface area contributed by atoms with Gasteiger partial charge in [0, 0.05) is 31.8 Å². The number of benzene rings is 1. The molecule has 2 rings (SSSR count). The lowest BCUT2D eigenvalue weighted by molar-refractivity contribution is 0.318. The lowest BCUT2D eigenvalue weighted by Gasteiger charge is -2.11. The van der Waals surface area contributed by atoms with Crippen LogP contribution in [0.25, 0.3) is 0 Å². The predicted molar refractivity (Wildman–Crippen MR) is 76.2 cm³/mol. The van der Waals surface area contributed by atoms with E-state index in [1.165, 1.54) is 11.1 Å². The third-order valence-electron chi connectivity index (χ3n) is 2.94. The molecule has 0 saturated heterocycles. The lowest BCUT2D eigenvalue weighted by atomic mass is 10.2. The van der Waals surface area contributed by atoms with E-state index >= 15 is 0 Å². The van der Waals surface area contributed by atoms with Gasteiger partial charge in [0.15, 0.2) is 0 Å². The lowest BCUT2D eigenvalue weighted by Crippen LogP contribution is -2.13. The van der Waals surface area contributed by atoms with Gasteiger partial charge in [0.2, 0.25) is 0 Å². The quantitative estimate of drug-likeness (QED) is 0.828. The van der Waals surface area contributed by atoms with Crippen molar-refractivity contribution in [2.75, 3.05) is 13.2 Å². The van der Waals surface area contributed by atoms with Crippen LogP contribution in [0.15, 0.2) is 36.7 Å². The van der Waals surface area contributed by atoms with Gasteiger partial charge in [-0.15, -0.1) is 0 Å². The van der Waals surface area contributed by atoms with Crippen LogP contribution < -0.4 is 10.1 Å². The van der Waals surface area contributed by atoms with E-state index in [-0.39, 0.29) is 0 Å². The third kappa shape index (κ3) is 4.10. The van der Waals surface area contributed by atoms with Crippen molar-refractivity contribution in [1.82, 2.24) is 15.1 Å². The van der Waals surface area contributed by atoms with Gasteiger partial charge in [0.25, 0.3) is 0 Å². The summed E-state index contributed by atoms with van der Waals surface area (Å²) in [6.45, 7) is 4.59. The molecule has 2 aromatic rings. The van der Waals surface area contributed by atoms with Crippen LogP contribution in [0.4, 0.5) is 0 Å². The Morgan fingerprint density at radius 3 is 2.89 bits per heavy atom. The van der Waals surface area contributed by atoms with Crippen LogP contribution in [0.1, 0.15) is 18.1 Å². The second-order valence-corrected chi connectivity index (χ2v) is 4.51. The Morgan fingerprint density at radius 1 is 1.32 bits per heavy atom. The minimum absolute atomic E-state index is 0.675. The summed E-state index contributed by atoms with van der Waals surface area (Å²) in [6.07, 6.45) is 4.78. The molecular weight excluding hydrogens is 238 g/mol. The molecule has 0 amide bonds. The first kappa shape index (κ1) is 13.6. The van der Waals surface area contributed by atoms with Gasteiger partial charge in [-0.3, -0.25) is 4.68 Å². The van der Waals surface area contributed by atoms with Gasteiger partial charge in [-0.05, 0) is 18.2 Å². The van der Waals surface area contributed by atoms with Gasteiger partial charge in [0.1, 0.15) is 5.75 Å². The van der Waals surface area contributed by atoms with E-state index in [1.807, 2.05) is 42.3 Å². The van der Waals surface area contributed by atoms with E-state index in [0.717, 1.165) is 25.3 Å². The highest BCUT2D eigenvalue weighted by Crippen LogP contribution is 2.17. The first-order valence-electron chi connectivity index (χ1n) is 6.68. The van der Waals surface area contributed by atoms with Crippen molar-refractivity contribution in [3.05, 3.63) is 47.8 Å². The summed E-state index contributed by atoms with van der Waals surface area (Å²) in [5.74, 6) is 0.965. The maximum absolute atomic E-state index is 5.87. The van der Waals surface area contributed by atoms with Crippen LogP contribution in [-0.2, 0) is 20.0 Å². The van der Waals surface area contributed by atoms with Gasteiger partial charge in [0.05, 0.1) is 12.8 Å². The van der Waals surface area contributed by atoms with E-state index in [0.29, 0.717) is 6.61 Å². The third-order valence-corrected chi connectivity index (χ3v) is 2.94. The van der Waals surface area contributed by atoms with E-state index in [9.17, 15) is 0 Å². The number of rotatable bonds is 7.